The van der Waals surface area contributed by atoms with Crippen molar-refractivity contribution in [3.05, 3.63) is 24.5 Å². The standard InChI is InChI=1S/C23H33N5O2/c1-16(2)13-22(24)27-17-3-5-19(6-4-17)30-21-15-18(28-9-11-29-12-10-28)14-20-23(21)26-8-7-25-20/h7-8,14-17,19H,3-6,9-13H2,1-2H3,(H2,24,27). The number of nitrogens with zero attached hydrogens (tertiary/aromatic N) is 4. The van der Waals surface area contributed by atoms with Gasteiger partial charge in [-0.15, -0.1) is 0 Å². The zero-order chi connectivity index (χ0) is 20.9. The van der Waals surface area contributed by atoms with Crippen LogP contribution in [-0.4, -0.2) is 54.3 Å². The molecule has 2 aromatic rings. The first-order valence-electron chi connectivity index (χ1n) is 11.1. The lowest BCUT2D eigenvalue weighted by atomic mass is 9.93. The average molecular weight is 412 g/mol. The molecule has 1 saturated heterocycles. The Kier molecular flexibility index (Phi) is 6.67. The average Bonchev–Trinajstić information content (AvgIpc) is 2.75. The molecule has 30 heavy (non-hydrogen) atoms. The number of rotatable bonds is 6. The van der Waals surface area contributed by atoms with E-state index in [1.807, 2.05) is 0 Å². The first-order chi connectivity index (χ1) is 14.6. The number of hydrogen-bond donors (Lipinski definition) is 1. The summed E-state index contributed by atoms with van der Waals surface area (Å²) in [5.74, 6) is 2.16. The molecule has 2 heterocycles. The number of aromatic nitrogens is 2. The molecule has 2 fully saturated rings. The van der Waals surface area contributed by atoms with Gasteiger partial charge in [0.15, 0.2) is 0 Å². The number of amidine groups is 1. The van der Waals surface area contributed by atoms with Crippen molar-refractivity contribution in [1.82, 2.24) is 9.97 Å². The van der Waals surface area contributed by atoms with Crippen LogP contribution in [0.15, 0.2) is 29.5 Å². The van der Waals surface area contributed by atoms with Crippen LogP contribution >= 0.6 is 0 Å². The van der Waals surface area contributed by atoms with Crippen molar-refractivity contribution in [1.29, 1.82) is 0 Å². The minimum absolute atomic E-state index is 0.174. The second kappa shape index (κ2) is 9.60. The SMILES string of the molecule is CC(C)CC(N)=NC1CCC(Oc2cc(N3CCOCC3)cc3nccnc23)CC1. The lowest BCUT2D eigenvalue weighted by Gasteiger charge is -2.30. The van der Waals surface area contributed by atoms with Gasteiger partial charge in [0.25, 0.3) is 0 Å². The molecule has 7 nitrogen and oxygen atoms in total. The van der Waals surface area contributed by atoms with E-state index in [1.54, 1.807) is 12.4 Å². The Bertz CT molecular complexity index is 871. The predicted octanol–water partition coefficient (Wildman–Crippen LogP) is 3.56. The van der Waals surface area contributed by atoms with Crippen LogP contribution in [0.5, 0.6) is 5.75 Å². The zero-order valence-corrected chi connectivity index (χ0v) is 18.1. The van der Waals surface area contributed by atoms with E-state index in [-0.39, 0.29) is 6.10 Å². The summed E-state index contributed by atoms with van der Waals surface area (Å²) in [4.78, 5) is 16.1. The monoisotopic (exact) mass is 411 g/mol. The lowest BCUT2D eigenvalue weighted by Crippen LogP contribution is -2.36. The maximum absolute atomic E-state index is 6.48. The molecule has 2 aliphatic rings. The van der Waals surface area contributed by atoms with E-state index in [0.29, 0.717) is 12.0 Å². The topological polar surface area (TPSA) is 85.9 Å². The van der Waals surface area contributed by atoms with Crippen LogP contribution in [0, 0.1) is 5.92 Å². The molecule has 4 rings (SSSR count). The fourth-order valence-corrected chi connectivity index (χ4v) is 4.30. The summed E-state index contributed by atoms with van der Waals surface area (Å²) in [6.07, 6.45) is 8.49. The second-order valence-electron chi connectivity index (χ2n) is 8.73. The molecule has 7 heteroatoms. The van der Waals surface area contributed by atoms with E-state index in [2.05, 4.69) is 40.8 Å². The summed E-state index contributed by atoms with van der Waals surface area (Å²) in [7, 11) is 0. The van der Waals surface area contributed by atoms with Gasteiger partial charge in [-0.25, -0.2) is 4.98 Å². The highest BCUT2D eigenvalue weighted by Crippen LogP contribution is 2.33. The van der Waals surface area contributed by atoms with Crippen molar-refractivity contribution in [3.63, 3.8) is 0 Å². The van der Waals surface area contributed by atoms with Gasteiger partial charge in [0.05, 0.1) is 36.7 Å². The molecule has 1 aliphatic carbocycles. The summed E-state index contributed by atoms with van der Waals surface area (Å²) in [5, 5.41) is 0. The molecule has 0 amide bonds. The van der Waals surface area contributed by atoms with Gasteiger partial charge in [-0.05, 0) is 37.7 Å². The van der Waals surface area contributed by atoms with Gasteiger partial charge in [-0.3, -0.25) is 9.98 Å². The Balaban J connectivity index is 1.46. The second-order valence-corrected chi connectivity index (χ2v) is 8.73. The summed E-state index contributed by atoms with van der Waals surface area (Å²) in [6, 6.07) is 4.54. The van der Waals surface area contributed by atoms with Crippen LogP contribution in [0.1, 0.15) is 46.0 Å². The van der Waals surface area contributed by atoms with Gasteiger partial charge >= 0.3 is 0 Å². The van der Waals surface area contributed by atoms with E-state index in [1.165, 1.54) is 0 Å². The molecule has 1 aliphatic heterocycles. The number of fused-ring (bicyclic) bond motifs is 1. The minimum Gasteiger partial charge on any atom is -0.488 e. The fraction of sp³-hybridized carbons (Fsp3) is 0.609. The number of ether oxygens (including phenoxy) is 2. The minimum atomic E-state index is 0.174. The van der Waals surface area contributed by atoms with Crippen LogP contribution in [-0.2, 0) is 4.74 Å². The van der Waals surface area contributed by atoms with Crippen molar-refractivity contribution in [3.8, 4) is 5.75 Å². The third kappa shape index (κ3) is 5.19. The number of anilines is 1. The van der Waals surface area contributed by atoms with Crippen LogP contribution in [0.3, 0.4) is 0 Å². The summed E-state index contributed by atoms with van der Waals surface area (Å²) in [6.45, 7) is 7.60. The van der Waals surface area contributed by atoms with E-state index < -0.39 is 0 Å². The number of hydrogen-bond acceptors (Lipinski definition) is 6. The maximum atomic E-state index is 6.48. The van der Waals surface area contributed by atoms with Gasteiger partial charge in [0.1, 0.15) is 11.3 Å². The molecule has 2 N–H and O–H groups in total. The molecule has 0 radical (unpaired) electrons. The molecule has 162 valence electrons. The van der Waals surface area contributed by atoms with E-state index in [0.717, 1.165) is 86.7 Å². The molecule has 1 aromatic heterocycles. The van der Waals surface area contributed by atoms with Gasteiger partial charge in [0.2, 0.25) is 0 Å². The molecule has 0 spiro atoms. The lowest BCUT2D eigenvalue weighted by molar-refractivity contribution is 0.122. The number of aliphatic imine (C=N–C) groups is 1. The Morgan fingerprint density at radius 1 is 1.17 bits per heavy atom. The maximum Gasteiger partial charge on any atom is 0.149 e. The van der Waals surface area contributed by atoms with Gasteiger partial charge in [-0.1, -0.05) is 13.8 Å². The number of morpholine rings is 1. The summed E-state index contributed by atoms with van der Waals surface area (Å²) < 4.78 is 12.0. The molecule has 1 saturated carbocycles. The largest absolute Gasteiger partial charge is 0.488 e. The highest BCUT2D eigenvalue weighted by molar-refractivity contribution is 5.85. The number of benzene rings is 1. The van der Waals surface area contributed by atoms with Crippen LogP contribution in [0.2, 0.25) is 0 Å². The quantitative estimate of drug-likeness (QED) is 0.578. The molecule has 1 aromatic carbocycles. The van der Waals surface area contributed by atoms with Crippen molar-refractivity contribution < 1.29 is 9.47 Å². The summed E-state index contributed by atoms with van der Waals surface area (Å²) in [5.41, 5.74) is 8.93. The molecule has 0 bridgehead atoms. The third-order valence-corrected chi connectivity index (χ3v) is 5.80. The molecule has 0 unspecified atom stereocenters. The highest BCUT2D eigenvalue weighted by atomic mass is 16.5. The van der Waals surface area contributed by atoms with E-state index in [9.17, 15) is 0 Å². The first-order valence-corrected chi connectivity index (χ1v) is 11.1. The van der Waals surface area contributed by atoms with Crippen molar-refractivity contribution in [2.75, 3.05) is 31.2 Å². The Morgan fingerprint density at radius 3 is 2.63 bits per heavy atom. The highest BCUT2D eigenvalue weighted by Gasteiger charge is 2.24. The number of nitrogens with two attached hydrogens (primary N) is 1. The van der Waals surface area contributed by atoms with E-state index >= 15 is 0 Å². The molecular formula is C23H33N5O2. The van der Waals surface area contributed by atoms with Crippen LogP contribution in [0.4, 0.5) is 5.69 Å². The van der Waals surface area contributed by atoms with Crippen LogP contribution < -0.4 is 15.4 Å². The van der Waals surface area contributed by atoms with E-state index in [4.69, 9.17) is 20.2 Å². The van der Waals surface area contributed by atoms with Crippen LogP contribution in [0.25, 0.3) is 11.0 Å². The molecular weight excluding hydrogens is 378 g/mol. The Morgan fingerprint density at radius 2 is 1.90 bits per heavy atom. The van der Waals surface area contributed by atoms with Gasteiger partial charge in [0, 0.05) is 43.7 Å². The predicted molar refractivity (Wildman–Crippen MR) is 120 cm³/mol. The zero-order valence-electron chi connectivity index (χ0n) is 18.1. The van der Waals surface area contributed by atoms with Gasteiger partial charge in [-0.2, -0.15) is 0 Å². The smallest absolute Gasteiger partial charge is 0.149 e. The summed E-state index contributed by atoms with van der Waals surface area (Å²) >= 11 is 0. The Labute approximate surface area is 178 Å². The third-order valence-electron chi connectivity index (χ3n) is 5.80. The molecule has 0 atom stereocenters. The van der Waals surface area contributed by atoms with Crippen molar-refractivity contribution in [2.24, 2.45) is 16.6 Å². The van der Waals surface area contributed by atoms with Crippen molar-refractivity contribution >= 4 is 22.6 Å². The normalized spacial score (nSPS) is 23.2. The van der Waals surface area contributed by atoms with Crippen molar-refractivity contribution in [2.45, 2.75) is 58.1 Å². The Hall–Kier alpha value is -2.41. The fourth-order valence-electron chi connectivity index (χ4n) is 4.30. The van der Waals surface area contributed by atoms with Gasteiger partial charge < -0.3 is 20.1 Å². The first kappa shape index (κ1) is 20.8.